The Morgan fingerprint density at radius 1 is 1.36 bits per heavy atom. The predicted octanol–water partition coefficient (Wildman–Crippen LogP) is 2.95. The highest BCUT2D eigenvalue weighted by Crippen LogP contribution is 2.18. The van der Waals surface area contributed by atoms with Crippen molar-refractivity contribution in [3.05, 3.63) is 41.0 Å². The van der Waals surface area contributed by atoms with Crippen molar-refractivity contribution in [2.45, 2.75) is 6.42 Å². The Morgan fingerprint density at radius 3 is 3.00 bits per heavy atom. The van der Waals surface area contributed by atoms with Crippen molar-refractivity contribution < 1.29 is 0 Å². The normalized spacial score (nSPS) is 10.0. The van der Waals surface area contributed by atoms with Gasteiger partial charge in [0.2, 0.25) is 0 Å². The third-order valence-corrected chi connectivity index (χ3v) is 2.22. The molecule has 1 aromatic heterocycles. The van der Waals surface area contributed by atoms with Crippen LogP contribution in [0.3, 0.4) is 0 Å². The van der Waals surface area contributed by atoms with Gasteiger partial charge in [-0.2, -0.15) is 5.26 Å². The van der Waals surface area contributed by atoms with E-state index in [9.17, 15) is 0 Å². The van der Waals surface area contributed by atoms with Crippen molar-refractivity contribution in [3.63, 3.8) is 0 Å². The average Bonchev–Trinajstić information content (AvgIpc) is 2.17. The zero-order valence-electron chi connectivity index (χ0n) is 7.37. The maximum Gasteiger partial charge on any atom is 0.0703 e. The van der Waals surface area contributed by atoms with Gasteiger partial charge in [0.25, 0.3) is 0 Å². The molecule has 3 heteroatoms. The number of fused-ring (bicyclic) bond motifs is 1. The van der Waals surface area contributed by atoms with Crippen molar-refractivity contribution in [1.29, 1.82) is 5.26 Å². The second-order valence-electron chi connectivity index (χ2n) is 3.02. The lowest BCUT2D eigenvalue weighted by Crippen LogP contribution is -1.85. The highest BCUT2D eigenvalue weighted by Gasteiger charge is 1.98. The van der Waals surface area contributed by atoms with Crippen molar-refractivity contribution in [1.82, 2.24) is 4.98 Å². The van der Waals surface area contributed by atoms with E-state index < -0.39 is 0 Å². The van der Waals surface area contributed by atoms with E-state index >= 15 is 0 Å². The smallest absolute Gasteiger partial charge is 0.0703 e. The number of nitrogens with zero attached hydrogens (tertiary/aromatic N) is 2. The molecule has 68 valence electrons. The Bertz CT molecular complexity index is 514. The molecule has 2 aromatic rings. The van der Waals surface area contributed by atoms with E-state index in [0.29, 0.717) is 11.4 Å². The summed E-state index contributed by atoms with van der Waals surface area (Å²) in [5.74, 6) is 0. The van der Waals surface area contributed by atoms with Crippen LogP contribution in [-0.2, 0) is 6.42 Å². The fraction of sp³-hybridized carbons (Fsp3) is 0.0909. The van der Waals surface area contributed by atoms with Gasteiger partial charge in [-0.3, -0.25) is 4.98 Å². The Morgan fingerprint density at radius 2 is 2.21 bits per heavy atom. The van der Waals surface area contributed by atoms with Gasteiger partial charge >= 0.3 is 0 Å². The van der Waals surface area contributed by atoms with Crippen molar-refractivity contribution >= 4 is 22.5 Å². The fourth-order valence-corrected chi connectivity index (χ4v) is 1.52. The third kappa shape index (κ3) is 1.68. The van der Waals surface area contributed by atoms with Gasteiger partial charge in [0, 0.05) is 16.6 Å². The number of hydrogen-bond donors (Lipinski definition) is 0. The van der Waals surface area contributed by atoms with Crippen LogP contribution in [0.1, 0.15) is 5.56 Å². The molecule has 0 N–H and O–H groups in total. The average molecular weight is 203 g/mol. The molecule has 1 heterocycles. The summed E-state index contributed by atoms with van der Waals surface area (Å²) in [6.07, 6.45) is 2.11. The lowest BCUT2D eigenvalue weighted by atomic mass is 10.1. The number of hydrogen-bond acceptors (Lipinski definition) is 2. The third-order valence-electron chi connectivity index (χ3n) is 1.98. The second-order valence-corrected chi connectivity index (χ2v) is 3.45. The first-order valence-corrected chi connectivity index (χ1v) is 4.58. The molecule has 0 fully saturated rings. The minimum Gasteiger partial charge on any atom is -0.256 e. The highest BCUT2D eigenvalue weighted by atomic mass is 35.5. The Hall–Kier alpha value is -1.59. The molecule has 0 radical (unpaired) electrons. The standard InChI is InChI=1S/C11H7ClN2/c12-10-1-2-11-9(6-10)5-8(3-4-13)7-14-11/h1-2,5-7H,3H2. The van der Waals surface area contributed by atoms with Gasteiger partial charge in [0.15, 0.2) is 0 Å². The zero-order chi connectivity index (χ0) is 9.97. The molecule has 14 heavy (non-hydrogen) atoms. The maximum atomic E-state index is 8.54. The van der Waals surface area contributed by atoms with Crippen molar-refractivity contribution in [2.75, 3.05) is 0 Å². The second kappa shape index (κ2) is 3.65. The number of pyridine rings is 1. The van der Waals surface area contributed by atoms with Crippen LogP contribution in [-0.4, -0.2) is 4.98 Å². The van der Waals surface area contributed by atoms with Crippen LogP contribution in [0, 0.1) is 11.3 Å². The molecule has 0 aliphatic rings. The van der Waals surface area contributed by atoms with Crippen LogP contribution < -0.4 is 0 Å². The number of halogens is 1. The molecule has 0 bridgehead atoms. The lowest BCUT2D eigenvalue weighted by Gasteiger charge is -1.99. The van der Waals surface area contributed by atoms with Gasteiger partial charge < -0.3 is 0 Å². The van der Waals surface area contributed by atoms with Gasteiger partial charge in [-0.05, 0) is 29.8 Å². The summed E-state index contributed by atoms with van der Waals surface area (Å²) < 4.78 is 0. The van der Waals surface area contributed by atoms with Crippen molar-refractivity contribution in [3.8, 4) is 6.07 Å². The predicted molar refractivity (Wildman–Crippen MR) is 56.1 cm³/mol. The molecule has 0 unspecified atom stereocenters. The van der Waals surface area contributed by atoms with Crippen molar-refractivity contribution in [2.24, 2.45) is 0 Å². The van der Waals surface area contributed by atoms with Crippen LogP contribution in [0.25, 0.3) is 10.9 Å². The Labute approximate surface area is 86.8 Å². The number of aromatic nitrogens is 1. The van der Waals surface area contributed by atoms with Gasteiger partial charge in [-0.1, -0.05) is 11.6 Å². The quantitative estimate of drug-likeness (QED) is 0.713. The molecule has 0 atom stereocenters. The first kappa shape index (κ1) is 8.98. The summed E-state index contributed by atoms with van der Waals surface area (Å²) >= 11 is 5.86. The monoisotopic (exact) mass is 202 g/mol. The van der Waals surface area contributed by atoms with E-state index in [1.165, 1.54) is 0 Å². The summed E-state index contributed by atoms with van der Waals surface area (Å²) in [6.45, 7) is 0. The van der Waals surface area contributed by atoms with Crippen LogP contribution in [0.5, 0.6) is 0 Å². The summed E-state index contributed by atoms with van der Waals surface area (Å²) in [7, 11) is 0. The van der Waals surface area contributed by atoms with E-state index in [0.717, 1.165) is 16.5 Å². The van der Waals surface area contributed by atoms with Gasteiger partial charge in [0.05, 0.1) is 18.0 Å². The van der Waals surface area contributed by atoms with Gasteiger partial charge in [-0.15, -0.1) is 0 Å². The summed E-state index contributed by atoms with van der Waals surface area (Å²) in [5, 5.41) is 10.2. The van der Waals surface area contributed by atoms with Crippen LogP contribution >= 0.6 is 11.6 Å². The molecule has 0 saturated carbocycles. The minimum absolute atomic E-state index is 0.384. The SMILES string of the molecule is N#CCc1cnc2ccc(Cl)cc2c1. The molecule has 2 rings (SSSR count). The maximum absolute atomic E-state index is 8.54. The molecule has 0 aliphatic carbocycles. The summed E-state index contributed by atoms with van der Waals surface area (Å²) in [6, 6.07) is 9.56. The number of nitriles is 1. The first-order chi connectivity index (χ1) is 6.79. The van der Waals surface area contributed by atoms with Crippen LogP contribution in [0.2, 0.25) is 5.02 Å². The molecule has 1 aromatic carbocycles. The van der Waals surface area contributed by atoms with E-state index in [1.807, 2.05) is 18.2 Å². The summed E-state index contributed by atoms with van der Waals surface area (Å²) in [4.78, 5) is 4.23. The van der Waals surface area contributed by atoms with Crippen LogP contribution in [0.4, 0.5) is 0 Å². The largest absolute Gasteiger partial charge is 0.256 e. The van der Waals surface area contributed by atoms with Gasteiger partial charge in [-0.25, -0.2) is 0 Å². The lowest BCUT2D eigenvalue weighted by molar-refractivity contribution is 1.22. The minimum atomic E-state index is 0.384. The van der Waals surface area contributed by atoms with Crippen LogP contribution in [0.15, 0.2) is 30.5 Å². The molecule has 0 amide bonds. The fourth-order valence-electron chi connectivity index (χ4n) is 1.34. The van der Waals surface area contributed by atoms with E-state index in [-0.39, 0.29) is 0 Å². The van der Waals surface area contributed by atoms with Gasteiger partial charge in [0.1, 0.15) is 0 Å². The molecule has 2 nitrogen and oxygen atoms in total. The summed E-state index contributed by atoms with van der Waals surface area (Å²) in [5.41, 5.74) is 1.82. The number of rotatable bonds is 1. The number of benzene rings is 1. The van der Waals surface area contributed by atoms with E-state index in [4.69, 9.17) is 16.9 Å². The highest BCUT2D eigenvalue weighted by molar-refractivity contribution is 6.31. The molecular formula is C11H7ClN2. The molecule has 0 aliphatic heterocycles. The molecule has 0 spiro atoms. The van der Waals surface area contributed by atoms with E-state index in [1.54, 1.807) is 12.3 Å². The zero-order valence-corrected chi connectivity index (χ0v) is 8.12. The topological polar surface area (TPSA) is 36.7 Å². The first-order valence-electron chi connectivity index (χ1n) is 4.21. The van der Waals surface area contributed by atoms with E-state index in [2.05, 4.69) is 11.1 Å². The molecular weight excluding hydrogens is 196 g/mol. The Balaban J connectivity index is 2.59. The molecule has 0 saturated heterocycles. The Kier molecular flexibility index (Phi) is 2.34.